The van der Waals surface area contributed by atoms with Crippen LogP contribution in [0.25, 0.3) is 6.08 Å². The summed E-state index contributed by atoms with van der Waals surface area (Å²) in [5.41, 5.74) is 8.90. The normalized spacial score (nSPS) is 20.9. The van der Waals surface area contributed by atoms with Gasteiger partial charge in [-0.1, -0.05) is 0 Å². The third kappa shape index (κ3) is 3.88. The molecule has 0 aromatic carbocycles. The average molecular weight is 407 g/mol. The highest BCUT2D eigenvalue weighted by atomic mass is 16.3. The molecule has 0 spiro atoms. The molecule has 5 rings (SSSR count). The van der Waals surface area contributed by atoms with E-state index in [2.05, 4.69) is 27.3 Å². The second kappa shape index (κ2) is 8.26. The van der Waals surface area contributed by atoms with E-state index in [1.165, 1.54) is 75.0 Å². The number of aromatic nitrogens is 1. The van der Waals surface area contributed by atoms with Crippen LogP contribution in [0, 0.1) is 6.92 Å². The summed E-state index contributed by atoms with van der Waals surface area (Å²) in [6.45, 7) is 5.94. The Morgan fingerprint density at radius 3 is 2.83 bits per heavy atom. The Kier molecular flexibility index (Phi) is 5.34. The quantitative estimate of drug-likeness (QED) is 0.511. The third-order valence-corrected chi connectivity index (χ3v) is 6.54. The maximum Gasteiger partial charge on any atom is 0.273 e. The molecule has 0 unspecified atom stereocenters. The van der Waals surface area contributed by atoms with Crippen LogP contribution in [0.4, 0.5) is 0 Å². The number of H-pyrrole nitrogens is 1. The van der Waals surface area contributed by atoms with Crippen LogP contribution in [0.1, 0.15) is 72.7 Å². The molecule has 1 saturated carbocycles. The van der Waals surface area contributed by atoms with Crippen molar-refractivity contribution >= 4 is 17.7 Å². The standard InChI is InChI=1S/C24H30N4O2/c1-16-18(7-2-3-11-28-12-4-5-13-28)22(17-9-10-17)20(25-16)15-19-23(26-27-24(19)29)21-8-6-14-30-21/h6,8,14-15,17,25H,2-5,7,9-13H2,1H3,(H,27,29). The van der Waals surface area contributed by atoms with Crippen LogP contribution in [-0.4, -0.2) is 41.1 Å². The summed E-state index contributed by atoms with van der Waals surface area (Å²) >= 11 is 0. The number of amides is 1. The van der Waals surface area contributed by atoms with Crippen LogP contribution < -0.4 is 5.43 Å². The fourth-order valence-corrected chi connectivity index (χ4v) is 4.84. The van der Waals surface area contributed by atoms with Gasteiger partial charge in [0.2, 0.25) is 0 Å². The van der Waals surface area contributed by atoms with Crippen LogP contribution in [0.3, 0.4) is 0 Å². The van der Waals surface area contributed by atoms with Gasteiger partial charge >= 0.3 is 0 Å². The molecule has 0 bridgehead atoms. The third-order valence-electron chi connectivity index (χ3n) is 6.54. The topological polar surface area (TPSA) is 73.6 Å². The molecule has 0 radical (unpaired) electrons. The number of unbranched alkanes of at least 4 members (excludes halogenated alkanes) is 1. The molecule has 2 N–H and O–H groups in total. The van der Waals surface area contributed by atoms with Gasteiger partial charge in [0, 0.05) is 11.4 Å². The van der Waals surface area contributed by atoms with E-state index >= 15 is 0 Å². The number of rotatable bonds is 8. The SMILES string of the molecule is Cc1[nH]c(C=C2C(=O)NN=C2c2ccco2)c(C2CC2)c1CCCCN1CCCC1. The minimum absolute atomic E-state index is 0.178. The van der Waals surface area contributed by atoms with Crippen molar-refractivity contribution in [2.75, 3.05) is 19.6 Å². The molecule has 30 heavy (non-hydrogen) atoms. The lowest BCUT2D eigenvalue weighted by Gasteiger charge is -2.14. The molecule has 1 aliphatic carbocycles. The highest BCUT2D eigenvalue weighted by Crippen LogP contribution is 2.45. The van der Waals surface area contributed by atoms with Crippen molar-refractivity contribution in [1.82, 2.24) is 15.3 Å². The lowest BCUT2D eigenvalue weighted by molar-refractivity contribution is -0.116. The van der Waals surface area contributed by atoms with Crippen molar-refractivity contribution in [3.05, 3.63) is 52.2 Å². The number of aromatic amines is 1. The predicted molar refractivity (Wildman–Crippen MR) is 117 cm³/mol. The molecule has 6 nitrogen and oxygen atoms in total. The van der Waals surface area contributed by atoms with Gasteiger partial charge in [-0.15, -0.1) is 0 Å². The molecule has 2 aromatic heterocycles. The lowest BCUT2D eigenvalue weighted by Crippen LogP contribution is -2.20. The number of nitrogens with zero attached hydrogens (tertiary/aromatic N) is 2. The van der Waals surface area contributed by atoms with Crippen molar-refractivity contribution in [3.8, 4) is 0 Å². The summed E-state index contributed by atoms with van der Waals surface area (Å²) in [5.74, 6) is 1.05. The van der Waals surface area contributed by atoms with Crippen molar-refractivity contribution in [1.29, 1.82) is 0 Å². The zero-order valence-electron chi connectivity index (χ0n) is 17.7. The smallest absolute Gasteiger partial charge is 0.273 e. The number of hydrazone groups is 1. The number of carbonyl (C=O) groups excluding carboxylic acids is 1. The fourth-order valence-electron chi connectivity index (χ4n) is 4.84. The van der Waals surface area contributed by atoms with Crippen LogP contribution >= 0.6 is 0 Å². The summed E-state index contributed by atoms with van der Waals surface area (Å²) in [6.07, 6.45) is 12.3. The zero-order valence-corrected chi connectivity index (χ0v) is 17.7. The fraction of sp³-hybridized carbons (Fsp3) is 0.500. The van der Waals surface area contributed by atoms with E-state index in [0.29, 0.717) is 23.0 Å². The van der Waals surface area contributed by atoms with Gasteiger partial charge in [0.25, 0.3) is 5.91 Å². The Hall–Kier alpha value is -2.60. The molecule has 6 heteroatoms. The maximum atomic E-state index is 12.5. The second-order valence-corrected chi connectivity index (χ2v) is 8.77. The first-order valence-corrected chi connectivity index (χ1v) is 11.3. The van der Waals surface area contributed by atoms with E-state index in [0.717, 1.165) is 12.1 Å². The van der Waals surface area contributed by atoms with Gasteiger partial charge in [0.15, 0.2) is 5.76 Å². The predicted octanol–water partition coefficient (Wildman–Crippen LogP) is 4.13. The van der Waals surface area contributed by atoms with Crippen LogP contribution in [0.15, 0.2) is 33.5 Å². The van der Waals surface area contributed by atoms with Gasteiger partial charge in [-0.3, -0.25) is 4.79 Å². The van der Waals surface area contributed by atoms with Gasteiger partial charge in [-0.05, 0) is 107 Å². The highest BCUT2D eigenvalue weighted by molar-refractivity contribution is 6.32. The molecule has 158 valence electrons. The minimum Gasteiger partial charge on any atom is -0.463 e. The Labute approximate surface area is 177 Å². The maximum absolute atomic E-state index is 12.5. The highest BCUT2D eigenvalue weighted by Gasteiger charge is 2.32. The van der Waals surface area contributed by atoms with Crippen LogP contribution in [0.2, 0.25) is 0 Å². The molecule has 3 aliphatic rings. The van der Waals surface area contributed by atoms with Crippen LogP contribution in [-0.2, 0) is 11.2 Å². The van der Waals surface area contributed by atoms with E-state index in [1.807, 2.05) is 18.2 Å². The molecule has 1 saturated heterocycles. The van der Waals surface area contributed by atoms with E-state index in [1.54, 1.807) is 6.26 Å². The molecule has 1 amide bonds. The molecular weight excluding hydrogens is 376 g/mol. The molecule has 2 fully saturated rings. The van der Waals surface area contributed by atoms with Crippen molar-refractivity contribution < 1.29 is 9.21 Å². The summed E-state index contributed by atoms with van der Waals surface area (Å²) in [5, 5.41) is 4.19. The Morgan fingerprint density at radius 2 is 2.10 bits per heavy atom. The molecule has 2 aliphatic heterocycles. The first kappa shape index (κ1) is 19.4. The minimum atomic E-state index is -0.178. The number of aryl methyl sites for hydroxylation is 1. The van der Waals surface area contributed by atoms with Crippen molar-refractivity contribution in [3.63, 3.8) is 0 Å². The number of carbonyl (C=O) groups is 1. The Morgan fingerprint density at radius 1 is 1.27 bits per heavy atom. The Bertz CT molecular complexity index is 973. The molecule has 4 heterocycles. The lowest BCUT2D eigenvalue weighted by atomic mass is 9.97. The van der Waals surface area contributed by atoms with Gasteiger partial charge in [0.05, 0.1) is 11.8 Å². The number of nitrogens with one attached hydrogen (secondary N) is 2. The Balaban J connectivity index is 1.36. The van der Waals surface area contributed by atoms with Crippen molar-refractivity contribution in [2.24, 2.45) is 5.10 Å². The zero-order chi connectivity index (χ0) is 20.5. The monoisotopic (exact) mass is 406 g/mol. The number of hydrogen-bond acceptors (Lipinski definition) is 4. The van der Waals surface area contributed by atoms with E-state index < -0.39 is 0 Å². The largest absolute Gasteiger partial charge is 0.463 e. The van der Waals surface area contributed by atoms with E-state index in [4.69, 9.17) is 4.42 Å². The van der Waals surface area contributed by atoms with E-state index in [-0.39, 0.29) is 5.91 Å². The van der Waals surface area contributed by atoms with Gasteiger partial charge in [0.1, 0.15) is 5.71 Å². The average Bonchev–Trinajstić information content (AvgIpc) is 3.14. The second-order valence-electron chi connectivity index (χ2n) is 8.77. The van der Waals surface area contributed by atoms with Gasteiger partial charge < -0.3 is 14.3 Å². The number of hydrogen-bond donors (Lipinski definition) is 2. The summed E-state index contributed by atoms with van der Waals surface area (Å²) < 4.78 is 5.48. The van der Waals surface area contributed by atoms with Crippen molar-refractivity contribution in [2.45, 2.75) is 57.8 Å². The van der Waals surface area contributed by atoms with Gasteiger partial charge in [-0.2, -0.15) is 5.10 Å². The van der Waals surface area contributed by atoms with Crippen LogP contribution in [0.5, 0.6) is 0 Å². The number of furan rings is 1. The molecule has 2 aromatic rings. The first-order valence-electron chi connectivity index (χ1n) is 11.3. The first-order chi connectivity index (χ1) is 14.7. The molecular formula is C24H30N4O2. The number of likely N-dealkylation sites (tertiary alicyclic amines) is 1. The molecule has 0 atom stereocenters. The van der Waals surface area contributed by atoms with E-state index in [9.17, 15) is 4.79 Å². The summed E-state index contributed by atoms with van der Waals surface area (Å²) in [7, 11) is 0. The van der Waals surface area contributed by atoms with Gasteiger partial charge in [-0.25, -0.2) is 5.43 Å². The summed E-state index contributed by atoms with van der Waals surface area (Å²) in [6, 6.07) is 3.65. The summed E-state index contributed by atoms with van der Waals surface area (Å²) in [4.78, 5) is 18.6.